The van der Waals surface area contributed by atoms with Crippen molar-refractivity contribution in [2.75, 3.05) is 99.4 Å². The van der Waals surface area contributed by atoms with Gasteiger partial charge in [0.1, 0.15) is 32.2 Å². The minimum Gasteiger partial charge on any atom is -0.453 e. The van der Waals surface area contributed by atoms with Crippen LogP contribution in [-0.4, -0.2) is 241 Å². The van der Waals surface area contributed by atoms with E-state index in [9.17, 15) is 62.3 Å². The maximum Gasteiger partial charge on any atom is 0.407 e. The Hall–Kier alpha value is -7.39. The van der Waals surface area contributed by atoms with E-state index in [0.717, 1.165) is 78.3 Å². The third-order valence-electron chi connectivity index (χ3n) is 15.9. The van der Waals surface area contributed by atoms with E-state index in [4.69, 9.17) is 28.7 Å². The van der Waals surface area contributed by atoms with Crippen molar-refractivity contribution < 1.29 is 71.8 Å². The first-order valence-electron chi connectivity index (χ1n) is 34.7. The van der Waals surface area contributed by atoms with E-state index in [1.54, 1.807) is 0 Å². The molecule has 4 aliphatic carbocycles. The number of nitrogens with zero attached hydrogens (tertiary/aromatic N) is 3. The van der Waals surface area contributed by atoms with Crippen LogP contribution < -0.4 is 87.2 Å². The molecule has 4 rings (SSSR count). The molecular formula is C63H116N19O15P. The number of hydrogen-bond donors (Lipinski definition) is 16. The fourth-order valence-corrected chi connectivity index (χ4v) is 10.0. The molecule has 0 aliphatic heterocycles. The molecule has 5 atom stereocenters. The van der Waals surface area contributed by atoms with Crippen LogP contribution in [0.25, 0.3) is 0 Å². The number of carbonyl (C=O) groups excluding carboxylic acids is 13. The summed E-state index contributed by atoms with van der Waals surface area (Å²) in [5, 5.41) is 31.5. The van der Waals surface area contributed by atoms with Crippen LogP contribution >= 0.6 is 8.37 Å². The van der Waals surface area contributed by atoms with E-state index in [1.165, 1.54) is 12.0 Å². The first kappa shape index (κ1) is 86.7. The van der Waals surface area contributed by atoms with Gasteiger partial charge in [-0.2, -0.15) is 0 Å². The van der Waals surface area contributed by atoms with Crippen LogP contribution in [0.3, 0.4) is 0 Å². The molecule has 34 nitrogen and oxygen atoms in total. The molecule has 0 saturated heterocycles. The Morgan fingerprint density at radius 2 is 0.714 bits per heavy atom. The molecular weight excluding hydrogens is 1290 g/mol. The van der Waals surface area contributed by atoms with Gasteiger partial charge in [-0.1, -0.05) is 0 Å². The molecule has 0 aromatic heterocycles. The predicted octanol–water partition coefficient (Wildman–Crippen LogP) is -1.93. The van der Waals surface area contributed by atoms with E-state index in [2.05, 4.69) is 72.7 Å². The highest BCUT2D eigenvalue weighted by Crippen LogP contribution is 2.23. The van der Waals surface area contributed by atoms with Crippen molar-refractivity contribution in [1.82, 2.24) is 68.3 Å². The highest BCUT2D eigenvalue weighted by Gasteiger charge is 2.31. The fraction of sp³-hybridized carbons (Fsp3) is 0.794. The summed E-state index contributed by atoms with van der Waals surface area (Å²) in [4.78, 5) is 161. The number of ether oxygens (including phenoxy) is 2. The number of amides is 13. The van der Waals surface area contributed by atoms with E-state index in [1.807, 2.05) is 13.6 Å². The van der Waals surface area contributed by atoms with Crippen LogP contribution in [-0.2, 0) is 62.2 Å². The number of primary amides is 4. The summed E-state index contributed by atoms with van der Waals surface area (Å²) in [5.74, 6) is -4.79. The van der Waals surface area contributed by atoms with Crippen LogP contribution in [0, 0.1) is 0 Å². The predicted molar refractivity (Wildman–Crippen MR) is 368 cm³/mol. The number of unbranched alkanes of at least 4 members (excludes halogenated alkanes) is 5. The Labute approximate surface area is 578 Å². The molecule has 0 bridgehead atoms. The SMILES string of the molecule is CCN=PC.COC(=O)NCCCC[C@H](NC(=O)OC)C(=O)NCCC(=O)N(CC(=O)NCCCCC(NC1CC1)C(N)=O)CC(=O)NCCCCC(NC1CC1)C(N)=O.NCCC(=O)N(CC(=O)NCCCCC(NC1CC1)C(N)=O)CC(=O)NCCCCC(NC1CC1)C(N)=O. The molecule has 21 N–H and O–H groups in total. The van der Waals surface area contributed by atoms with Crippen molar-refractivity contribution in [2.45, 2.75) is 222 Å². The molecule has 0 aromatic carbocycles. The molecule has 35 heteroatoms. The monoisotopic (exact) mass is 1410 g/mol. The second-order valence-electron chi connectivity index (χ2n) is 24.8. The van der Waals surface area contributed by atoms with Gasteiger partial charge in [0.05, 0.1) is 38.4 Å². The summed E-state index contributed by atoms with van der Waals surface area (Å²) in [6.45, 7) is 5.32. The number of nitrogens with one attached hydrogen (secondary N) is 11. The van der Waals surface area contributed by atoms with Crippen molar-refractivity contribution in [1.29, 1.82) is 0 Å². The number of methoxy groups -OCH3 is 2. The number of carbonyl (C=O) groups is 13. The lowest BCUT2D eigenvalue weighted by atomic mass is 10.1. The van der Waals surface area contributed by atoms with Gasteiger partial charge in [-0.3, -0.25) is 57.5 Å². The average Bonchev–Trinajstić information content (AvgIpc) is 1.83. The zero-order chi connectivity index (χ0) is 72.6. The lowest BCUT2D eigenvalue weighted by Crippen LogP contribution is -2.49. The number of hydrogen-bond acceptors (Lipinski definition) is 21. The van der Waals surface area contributed by atoms with Gasteiger partial charge in [0.2, 0.25) is 65.0 Å². The molecule has 558 valence electrons. The van der Waals surface area contributed by atoms with Gasteiger partial charge in [0.25, 0.3) is 0 Å². The number of rotatable bonds is 53. The van der Waals surface area contributed by atoms with Crippen LogP contribution in [0.4, 0.5) is 9.59 Å². The first-order chi connectivity index (χ1) is 46.9. The molecule has 4 fully saturated rings. The average molecular weight is 1410 g/mol. The topological polar surface area (TPSA) is 522 Å². The van der Waals surface area contributed by atoms with Gasteiger partial charge in [-0.25, -0.2) is 9.59 Å². The Kier molecular flexibility index (Phi) is 45.8. The van der Waals surface area contributed by atoms with Crippen molar-refractivity contribution in [2.24, 2.45) is 33.4 Å². The molecule has 98 heavy (non-hydrogen) atoms. The molecule has 0 spiro atoms. The van der Waals surface area contributed by atoms with Gasteiger partial charge in [-0.15, -0.1) is 0 Å². The van der Waals surface area contributed by atoms with E-state index < -0.39 is 78.8 Å². The van der Waals surface area contributed by atoms with Crippen molar-refractivity contribution >= 4 is 85.5 Å². The van der Waals surface area contributed by atoms with Crippen molar-refractivity contribution in [3.05, 3.63) is 0 Å². The molecule has 0 heterocycles. The van der Waals surface area contributed by atoms with Gasteiger partial charge in [0.15, 0.2) is 0 Å². The molecule has 13 amide bonds. The fourth-order valence-electron chi connectivity index (χ4n) is 9.76. The summed E-state index contributed by atoms with van der Waals surface area (Å²) in [6.07, 6.45) is 15.2. The molecule has 4 unspecified atom stereocenters. The maximum absolute atomic E-state index is 13.3. The smallest absolute Gasteiger partial charge is 0.407 e. The highest BCUT2D eigenvalue weighted by atomic mass is 31.1. The van der Waals surface area contributed by atoms with Gasteiger partial charge < -0.3 is 106 Å². The zero-order valence-corrected chi connectivity index (χ0v) is 59.1. The first-order valence-corrected chi connectivity index (χ1v) is 36.0. The van der Waals surface area contributed by atoms with Gasteiger partial charge in [-0.05, 0) is 170 Å². The minimum absolute atomic E-state index is 0.0333. The van der Waals surface area contributed by atoms with E-state index >= 15 is 0 Å². The quantitative estimate of drug-likeness (QED) is 0.0233. The highest BCUT2D eigenvalue weighted by molar-refractivity contribution is 7.25. The summed E-state index contributed by atoms with van der Waals surface area (Å²) < 4.78 is 13.1. The second kappa shape index (κ2) is 51.7. The molecule has 0 radical (unpaired) electrons. The molecule has 4 saturated carbocycles. The summed E-state index contributed by atoms with van der Waals surface area (Å²) in [7, 11) is 3.55. The lowest BCUT2D eigenvalue weighted by Gasteiger charge is -2.23. The Morgan fingerprint density at radius 3 is 0.969 bits per heavy atom. The van der Waals surface area contributed by atoms with E-state index in [-0.39, 0.29) is 100 Å². The molecule has 0 aromatic rings. The molecule has 4 aliphatic rings. The van der Waals surface area contributed by atoms with Crippen LogP contribution in [0.15, 0.2) is 4.74 Å². The second-order valence-corrected chi connectivity index (χ2v) is 25.5. The van der Waals surface area contributed by atoms with Crippen LogP contribution in [0.2, 0.25) is 0 Å². The normalized spacial score (nSPS) is 15.3. The van der Waals surface area contributed by atoms with E-state index in [0.29, 0.717) is 134 Å². The largest absolute Gasteiger partial charge is 0.453 e. The summed E-state index contributed by atoms with van der Waals surface area (Å²) in [5.41, 5.74) is 27.4. The minimum atomic E-state index is -0.987. The summed E-state index contributed by atoms with van der Waals surface area (Å²) in [6, 6.07) is -1.16. The van der Waals surface area contributed by atoms with Crippen molar-refractivity contribution in [3.63, 3.8) is 0 Å². The number of nitrogens with two attached hydrogens (primary N) is 5. The van der Waals surface area contributed by atoms with Crippen LogP contribution in [0.5, 0.6) is 0 Å². The summed E-state index contributed by atoms with van der Waals surface area (Å²) >= 11 is 0. The van der Waals surface area contributed by atoms with Crippen LogP contribution in [0.1, 0.15) is 167 Å². The Morgan fingerprint density at radius 1 is 0.418 bits per heavy atom. The lowest BCUT2D eigenvalue weighted by molar-refractivity contribution is -0.139. The van der Waals surface area contributed by atoms with Gasteiger partial charge >= 0.3 is 12.2 Å². The standard InChI is InChI=1S/C35H62N10O10.C25H46N8O5.C3H8NP/c1-54-34(52)41-19-8-5-11-27(44-35(53)55-2)33(51)40-20-16-30(48)45(21-28(46)38-17-6-3-9-25(31(36)49)42-23-12-13-23)22-29(47)39-18-7-4-10-26(32(37)50)43-24-14-15-24;26-12-11-23(36)33(15-21(34)29-13-3-1-5-19(24(27)37)31-17-7-8-17)16-22(35)30-14-4-2-6-20(25(28)38)32-18-9-10-18;1-3-4-5-2/h23-27,42-43H,3-22H2,1-2H3,(H2,36,49)(H2,37,50)(H,38,46)(H,39,47)(H,40,51)(H,41,52)(H,44,53);17-20,31-32H,1-16,26H2,(H2,27,37)(H2,28,38)(H,29,34)(H,30,35);3H2,1-2H3/t25?,26?,27-;;/m0../s1. The van der Waals surface area contributed by atoms with Gasteiger partial charge in [0, 0.05) is 89.4 Å². The zero-order valence-electron chi connectivity index (χ0n) is 58.2. The maximum atomic E-state index is 13.3. The third-order valence-corrected chi connectivity index (χ3v) is 16.5. The Balaban J connectivity index is 0.000000658. The Bertz CT molecular complexity index is 2400. The van der Waals surface area contributed by atoms with Crippen molar-refractivity contribution in [3.8, 4) is 0 Å². The third kappa shape index (κ3) is 44.5. The number of alkyl carbamates (subject to hydrolysis) is 2.